The zero-order chi connectivity index (χ0) is 14.6. The van der Waals surface area contributed by atoms with Crippen molar-refractivity contribution >= 4 is 15.9 Å². The highest BCUT2D eigenvalue weighted by Gasteiger charge is 2.39. The highest BCUT2D eigenvalue weighted by Crippen LogP contribution is 2.44. The minimum absolute atomic E-state index is 0.343. The summed E-state index contributed by atoms with van der Waals surface area (Å²) >= 11 is 3.56. The van der Waals surface area contributed by atoms with Gasteiger partial charge in [-0.2, -0.15) is 0 Å². The fraction of sp³-hybridized carbons (Fsp3) is 0.625. The summed E-state index contributed by atoms with van der Waals surface area (Å²) in [6.07, 6.45) is 7.40. The van der Waals surface area contributed by atoms with Gasteiger partial charge in [0.25, 0.3) is 0 Å². The van der Waals surface area contributed by atoms with Crippen LogP contribution in [0.2, 0.25) is 0 Å². The molecule has 20 heavy (non-hydrogen) atoms. The fourth-order valence-corrected chi connectivity index (χ4v) is 4.14. The third-order valence-electron chi connectivity index (χ3n) is 4.90. The lowest BCUT2D eigenvalue weighted by molar-refractivity contribution is 0.185. The number of nitrogens with two attached hydrogens (primary N) is 1. The summed E-state index contributed by atoms with van der Waals surface area (Å²) in [5.41, 5.74) is 4.74. The predicted molar refractivity (Wildman–Crippen MR) is 86.7 cm³/mol. The Bertz CT molecular complexity index is 444. The van der Waals surface area contributed by atoms with Gasteiger partial charge >= 0.3 is 0 Å². The van der Waals surface area contributed by atoms with Crippen molar-refractivity contribution in [1.29, 1.82) is 0 Å². The highest BCUT2D eigenvalue weighted by atomic mass is 79.9. The molecule has 0 amide bonds. The van der Waals surface area contributed by atoms with Gasteiger partial charge in [-0.1, -0.05) is 25.8 Å². The second kappa shape index (κ2) is 6.92. The quantitative estimate of drug-likeness (QED) is 0.611. The van der Waals surface area contributed by atoms with Crippen LogP contribution in [0.1, 0.15) is 44.6 Å². The number of methoxy groups -OCH3 is 1. The van der Waals surface area contributed by atoms with Crippen LogP contribution in [-0.2, 0) is 6.42 Å². The number of hydrogen-bond donors (Lipinski definition) is 2. The molecule has 1 atom stereocenters. The second-order valence-electron chi connectivity index (χ2n) is 5.82. The van der Waals surface area contributed by atoms with Crippen molar-refractivity contribution in [3.05, 3.63) is 28.2 Å². The SMILES string of the molecule is CCC1(C(Cc2ccc(OC)c(Br)c2)NN)CCCC1. The fourth-order valence-electron chi connectivity index (χ4n) is 3.55. The topological polar surface area (TPSA) is 47.3 Å². The van der Waals surface area contributed by atoms with E-state index in [1.807, 2.05) is 6.07 Å². The van der Waals surface area contributed by atoms with Gasteiger partial charge in [0.2, 0.25) is 0 Å². The van der Waals surface area contributed by atoms with Gasteiger partial charge in [-0.05, 0) is 64.7 Å². The van der Waals surface area contributed by atoms with E-state index in [9.17, 15) is 0 Å². The number of halogens is 1. The number of hydrazine groups is 1. The number of benzene rings is 1. The number of rotatable bonds is 6. The average Bonchev–Trinajstić information content (AvgIpc) is 2.95. The molecular formula is C16H25BrN2O. The molecule has 1 unspecified atom stereocenters. The van der Waals surface area contributed by atoms with E-state index in [0.29, 0.717) is 11.5 Å². The molecule has 0 radical (unpaired) electrons. The lowest BCUT2D eigenvalue weighted by atomic mass is 9.74. The molecule has 3 nitrogen and oxygen atoms in total. The summed E-state index contributed by atoms with van der Waals surface area (Å²) in [4.78, 5) is 0. The van der Waals surface area contributed by atoms with Crippen molar-refractivity contribution in [3.63, 3.8) is 0 Å². The van der Waals surface area contributed by atoms with Crippen molar-refractivity contribution in [2.75, 3.05) is 7.11 Å². The molecular weight excluding hydrogens is 316 g/mol. The summed E-state index contributed by atoms with van der Waals surface area (Å²) in [5, 5.41) is 0. The highest BCUT2D eigenvalue weighted by molar-refractivity contribution is 9.10. The lowest BCUT2D eigenvalue weighted by Gasteiger charge is -2.36. The maximum atomic E-state index is 5.87. The van der Waals surface area contributed by atoms with Gasteiger partial charge in [0, 0.05) is 6.04 Å². The Morgan fingerprint density at radius 3 is 2.60 bits per heavy atom. The summed E-state index contributed by atoms with van der Waals surface area (Å²) in [7, 11) is 1.69. The molecule has 4 heteroatoms. The van der Waals surface area contributed by atoms with Gasteiger partial charge in [0.1, 0.15) is 5.75 Å². The van der Waals surface area contributed by atoms with Gasteiger partial charge in [0.05, 0.1) is 11.6 Å². The molecule has 3 N–H and O–H groups in total. The Kier molecular flexibility index (Phi) is 5.47. The zero-order valence-corrected chi connectivity index (χ0v) is 14.0. The second-order valence-corrected chi connectivity index (χ2v) is 6.67. The predicted octanol–water partition coefficient (Wildman–Crippen LogP) is 3.80. The minimum atomic E-state index is 0.343. The Labute approximate surface area is 130 Å². The smallest absolute Gasteiger partial charge is 0.133 e. The largest absolute Gasteiger partial charge is 0.496 e. The molecule has 1 aliphatic carbocycles. The van der Waals surface area contributed by atoms with Crippen LogP contribution in [0.15, 0.2) is 22.7 Å². The molecule has 1 fully saturated rings. The van der Waals surface area contributed by atoms with Crippen LogP contribution < -0.4 is 16.0 Å². The van der Waals surface area contributed by atoms with Crippen molar-refractivity contribution in [1.82, 2.24) is 5.43 Å². The van der Waals surface area contributed by atoms with Crippen molar-refractivity contribution in [3.8, 4) is 5.75 Å². The molecule has 1 saturated carbocycles. The molecule has 1 aromatic carbocycles. The van der Waals surface area contributed by atoms with E-state index in [-0.39, 0.29) is 0 Å². The van der Waals surface area contributed by atoms with Crippen molar-refractivity contribution in [2.24, 2.45) is 11.3 Å². The van der Waals surface area contributed by atoms with Gasteiger partial charge < -0.3 is 4.74 Å². The monoisotopic (exact) mass is 340 g/mol. The molecule has 1 aromatic rings. The van der Waals surface area contributed by atoms with E-state index < -0.39 is 0 Å². The summed E-state index contributed by atoms with van der Waals surface area (Å²) in [6.45, 7) is 2.29. The van der Waals surface area contributed by atoms with Crippen LogP contribution in [0.25, 0.3) is 0 Å². The van der Waals surface area contributed by atoms with Crippen molar-refractivity contribution in [2.45, 2.75) is 51.5 Å². The molecule has 0 aromatic heterocycles. The molecule has 0 heterocycles. The van der Waals surface area contributed by atoms with E-state index >= 15 is 0 Å². The van der Waals surface area contributed by atoms with Crippen LogP contribution >= 0.6 is 15.9 Å². The molecule has 0 aliphatic heterocycles. The van der Waals surface area contributed by atoms with E-state index in [2.05, 4.69) is 40.4 Å². The first-order valence-electron chi connectivity index (χ1n) is 7.43. The first kappa shape index (κ1) is 15.8. The molecule has 112 valence electrons. The maximum absolute atomic E-state index is 5.87. The minimum Gasteiger partial charge on any atom is -0.496 e. The van der Waals surface area contributed by atoms with Gasteiger partial charge in [-0.25, -0.2) is 0 Å². The van der Waals surface area contributed by atoms with Crippen LogP contribution in [0.3, 0.4) is 0 Å². The standard InChI is InChI=1S/C16H25BrN2O/c1-3-16(8-4-5-9-16)15(19-18)11-12-6-7-14(20-2)13(17)10-12/h6-7,10,15,19H,3-5,8-9,11,18H2,1-2H3. The third kappa shape index (κ3) is 3.18. The normalized spacial score (nSPS) is 19.0. The number of nitrogens with one attached hydrogen (secondary N) is 1. The van der Waals surface area contributed by atoms with Gasteiger partial charge in [-0.3, -0.25) is 11.3 Å². The Balaban J connectivity index is 2.15. The zero-order valence-electron chi connectivity index (χ0n) is 12.4. The summed E-state index contributed by atoms with van der Waals surface area (Å²) < 4.78 is 6.29. The third-order valence-corrected chi connectivity index (χ3v) is 5.52. The molecule has 0 spiro atoms. The van der Waals surface area contributed by atoms with Crippen LogP contribution in [0, 0.1) is 5.41 Å². The van der Waals surface area contributed by atoms with Crippen LogP contribution in [-0.4, -0.2) is 13.2 Å². The molecule has 0 bridgehead atoms. The molecule has 2 rings (SSSR count). The summed E-state index contributed by atoms with van der Waals surface area (Å²) in [5.74, 6) is 6.74. The number of ether oxygens (including phenoxy) is 1. The van der Waals surface area contributed by atoms with Gasteiger partial charge in [-0.15, -0.1) is 0 Å². The first-order valence-corrected chi connectivity index (χ1v) is 8.23. The van der Waals surface area contributed by atoms with E-state index in [1.54, 1.807) is 7.11 Å². The Morgan fingerprint density at radius 1 is 1.40 bits per heavy atom. The van der Waals surface area contributed by atoms with Crippen molar-refractivity contribution < 1.29 is 4.74 Å². The maximum Gasteiger partial charge on any atom is 0.133 e. The van der Waals surface area contributed by atoms with Crippen LogP contribution in [0.4, 0.5) is 0 Å². The Morgan fingerprint density at radius 2 is 2.10 bits per heavy atom. The van der Waals surface area contributed by atoms with E-state index in [1.165, 1.54) is 37.7 Å². The summed E-state index contributed by atoms with van der Waals surface area (Å²) in [6, 6.07) is 6.63. The number of hydrogen-bond acceptors (Lipinski definition) is 3. The average molecular weight is 341 g/mol. The molecule has 0 saturated heterocycles. The van der Waals surface area contributed by atoms with Gasteiger partial charge in [0.15, 0.2) is 0 Å². The molecule has 1 aliphatic rings. The van der Waals surface area contributed by atoms with E-state index in [0.717, 1.165) is 16.6 Å². The first-order chi connectivity index (χ1) is 9.65. The van der Waals surface area contributed by atoms with Crippen LogP contribution in [0.5, 0.6) is 5.75 Å². The lowest BCUT2D eigenvalue weighted by Crippen LogP contribution is -2.48. The van der Waals surface area contributed by atoms with E-state index in [4.69, 9.17) is 10.6 Å². The Hall–Kier alpha value is -0.580.